The fourth-order valence-electron chi connectivity index (χ4n) is 4.74. The summed E-state index contributed by atoms with van der Waals surface area (Å²) in [6, 6.07) is 9.98. The Morgan fingerprint density at radius 3 is 2.25 bits per heavy atom. The van der Waals surface area contributed by atoms with Crippen LogP contribution >= 0.6 is 0 Å². The number of nitrogens with zero attached hydrogens (tertiary/aromatic N) is 1. The van der Waals surface area contributed by atoms with Gasteiger partial charge >= 0.3 is 0 Å². The third-order valence-corrected chi connectivity index (χ3v) is 7.20. The molecule has 220 valence electrons. The Kier molecular flexibility index (Phi) is 17.0. The monoisotopic (exact) mass is 547 g/mol. The summed E-state index contributed by atoms with van der Waals surface area (Å²) >= 11 is 0. The van der Waals surface area contributed by atoms with Gasteiger partial charge in [0.25, 0.3) is 0 Å². The summed E-state index contributed by atoms with van der Waals surface area (Å²) in [5.41, 5.74) is 0.384. The lowest BCUT2D eigenvalue weighted by atomic mass is 9.77. The molecule has 1 aliphatic carbocycles. The van der Waals surface area contributed by atoms with Gasteiger partial charge < -0.3 is 19.9 Å². The number of hydrogen-bond acceptors (Lipinski definition) is 4. The average molecular weight is 548 g/mol. The van der Waals surface area contributed by atoms with Crippen molar-refractivity contribution in [3.63, 3.8) is 0 Å². The van der Waals surface area contributed by atoms with Crippen LogP contribution in [0.25, 0.3) is 0 Å². The predicted octanol–water partition coefficient (Wildman–Crippen LogP) is 7.73. The molecule has 0 heterocycles. The number of carbonyl (C=O) groups excluding carboxylic acids is 1. The number of hydrogen-bond donors (Lipinski definition) is 2. The first-order valence-electron chi connectivity index (χ1n) is 14.9. The van der Waals surface area contributed by atoms with Gasteiger partial charge in [-0.25, -0.2) is 0 Å². The number of aliphatic hydroxyl groups excluding tert-OH is 1. The van der Waals surface area contributed by atoms with E-state index in [1.54, 1.807) is 6.08 Å². The summed E-state index contributed by atoms with van der Waals surface area (Å²) in [6.45, 7) is 16.4. The van der Waals surface area contributed by atoms with Crippen molar-refractivity contribution in [2.45, 2.75) is 78.4 Å². The summed E-state index contributed by atoms with van der Waals surface area (Å²) < 4.78 is 0. The molecular formula is C36H53NO3. The molecule has 4 heteroatoms. The first-order chi connectivity index (χ1) is 19.3. The highest BCUT2D eigenvalue weighted by Crippen LogP contribution is 2.37. The van der Waals surface area contributed by atoms with Gasteiger partial charge in [-0.05, 0) is 62.9 Å². The van der Waals surface area contributed by atoms with Crippen LogP contribution < -0.4 is 0 Å². The van der Waals surface area contributed by atoms with E-state index in [0.29, 0.717) is 19.3 Å². The fraction of sp³-hybridized carbons (Fsp3) is 0.472. The molecule has 1 aromatic rings. The van der Waals surface area contributed by atoms with Crippen LogP contribution in [0.1, 0.15) is 72.3 Å². The predicted molar refractivity (Wildman–Crippen MR) is 171 cm³/mol. The molecule has 0 fully saturated rings. The molecule has 0 bridgehead atoms. The van der Waals surface area contributed by atoms with Gasteiger partial charge in [0.1, 0.15) is 6.29 Å². The molecule has 2 atom stereocenters. The second-order valence-corrected chi connectivity index (χ2v) is 10.8. The third-order valence-electron chi connectivity index (χ3n) is 7.20. The van der Waals surface area contributed by atoms with Gasteiger partial charge in [-0.15, -0.1) is 0 Å². The number of rotatable bonds is 17. The molecule has 2 rings (SSSR count). The second kappa shape index (κ2) is 19.3. The zero-order valence-corrected chi connectivity index (χ0v) is 25.5. The van der Waals surface area contributed by atoms with Crippen LogP contribution in [0.5, 0.6) is 0 Å². The molecule has 0 saturated carbocycles. The SMILES string of the molecule is C=C/C=C(\C=C/CC(C)(C)C=O)C(O)CCCN(CC)CCCC(O)(c1ccccc1)C1C=CC=CC=C1.CC. The zero-order valence-electron chi connectivity index (χ0n) is 25.5. The van der Waals surface area contributed by atoms with E-state index in [4.69, 9.17) is 0 Å². The van der Waals surface area contributed by atoms with E-state index >= 15 is 0 Å². The smallest absolute Gasteiger partial charge is 0.125 e. The van der Waals surface area contributed by atoms with Crippen molar-refractivity contribution in [1.82, 2.24) is 4.90 Å². The lowest BCUT2D eigenvalue weighted by molar-refractivity contribution is -0.114. The van der Waals surface area contributed by atoms with Gasteiger partial charge in [0.2, 0.25) is 0 Å². The van der Waals surface area contributed by atoms with E-state index in [1.165, 1.54) is 0 Å². The summed E-state index contributed by atoms with van der Waals surface area (Å²) in [7, 11) is 0. The van der Waals surface area contributed by atoms with Gasteiger partial charge in [0.15, 0.2) is 0 Å². The standard InChI is InChI=1S/C34H47NO3.C2H6/c1-5-17-29(18-14-24-33(3,4)28-36)32(37)23-15-26-35(6-2)27-16-25-34(38,31-21-12-9-13-22-31)30-19-10-7-8-11-20-30;1-2/h5,7-14,17-22,28,30,32,37-38H,1,6,15-16,23-27H2,2-4H3;1-2H3/b18-14-,29-17+;. The van der Waals surface area contributed by atoms with Crippen molar-refractivity contribution < 1.29 is 15.0 Å². The first kappa shape index (κ1) is 35.2. The lowest BCUT2D eigenvalue weighted by Gasteiger charge is -2.34. The summed E-state index contributed by atoms with van der Waals surface area (Å²) in [6.07, 6.45) is 23.6. The summed E-state index contributed by atoms with van der Waals surface area (Å²) in [5, 5.41) is 22.7. The van der Waals surface area contributed by atoms with Crippen LogP contribution in [0.2, 0.25) is 0 Å². The molecule has 1 aliphatic rings. The van der Waals surface area contributed by atoms with Crippen molar-refractivity contribution in [3.05, 3.63) is 109 Å². The molecule has 4 nitrogen and oxygen atoms in total. The van der Waals surface area contributed by atoms with Crippen LogP contribution in [0.3, 0.4) is 0 Å². The van der Waals surface area contributed by atoms with Gasteiger partial charge in [0.05, 0.1) is 11.7 Å². The van der Waals surface area contributed by atoms with Crippen LogP contribution in [0.15, 0.2) is 103 Å². The Morgan fingerprint density at radius 2 is 1.68 bits per heavy atom. The van der Waals surface area contributed by atoms with Crippen molar-refractivity contribution in [1.29, 1.82) is 0 Å². The molecular weight excluding hydrogens is 494 g/mol. The minimum Gasteiger partial charge on any atom is -0.388 e. The molecule has 0 aliphatic heterocycles. The molecule has 0 spiro atoms. The summed E-state index contributed by atoms with van der Waals surface area (Å²) in [5.74, 6) is -0.0923. The Morgan fingerprint density at radius 1 is 1.05 bits per heavy atom. The van der Waals surface area contributed by atoms with Crippen LogP contribution in [0, 0.1) is 11.3 Å². The van der Waals surface area contributed by atoms with Gasteiger partial charge in [0, 0.05) is 11.3 Å². The highest BCUT2D eigenvalue weighted by Gasteiger charge is 2.35. The van der Waals surface area contributed by atoms with Crippen molar-refractivity contribution in [2.75, 3.05) is 19.6 Å². The van der Waals surface area contributed by atoms with Crippen LogP contribution in [-0.2, 0) is 10.4 Å². The van der Waals surface area contributed by atoms with Gasteiger partial charge in [-0.2, -0.15) is 0 Å². The molecule has 1 aromatic carbocycles. The van der Waals surface area contributed by atoms with Crippen LogP contribution in [0.4, 0.5) is 0 Å². The Hall–Kier alpha value is -2.79. The third kappa shape index (κ3) is 12.2. The normalized spacial score (nSPS) is 16.4. The summed E-state index contributed by atoms with van der Waals surface area (Å²) in [4.78, 5) is 13.5. The van der Waals surface area contributed by atoms with E-state index in [-0.39, 0.29) is 5.92 Å². The Bertz CT molecular complexity index is 986. The van der Waals surface area contributed by atoms with Crippen molar-refractivity contribution >= 4 is 6.29 Å². The fourth-order valence-corrected chi connectivity index (χ4v) is 4.74. The quantitative estimate of drug-likeness (QED) is 0.155. The largest absolute Gasteiger partial charge is 0.388 e. The van der Waals surface area contributed by atoms with E-state index in [2.05, 4.69) is 30.6 Å². The average Bonchev–Trinajstić information content (AvgIpc) is 3.27. The molecule has 0 amide bonds. The number of aliphatic hydroxyl groups is 2. The molecule has 0 aromatic heterocycles. The molecule has 40 heavy (non-hydrogen) atoms. The highest BCUT2D eigenvalue weighted by molar-refractivity contribution is 5.58. The maximum absolute atomic E-state index is 11.9. The lowest BCUT2D eigenvalue weighted by Crippen LogP contribution is -2.35. The Balaban J connectivity index is 0.00000391. The number of allylic oxidation sites excluding steroid dienone is 7. The van der Waals surface area contributed by atoms with Gasteiger partial charge in [-0.1, -0.05) is 132 Å². The highest BCUT2D eigenvalue weighted by atomic mass is 16.3. The molecule has 2 unspecified atom stereocenters. The molecule has 2 N–H and O–H groups in total. The minimum absolute atomic E-state index is 0.0923. The number of benzene rings is 1. The van der Waals surface area contributed by atoms with E-state index < -0.39 is 17.1 Å². The molecule has 0 radical (unpaired) electrons. The maximum atomic E-state index is 11.9. The number of carbonyl (C=O) groups is 1. The first-order valence-corrected chi connectivity index (χ1v) is 14.9. The topological polar surface area (TPSA) is 60.8 Å². The van der Waals surface area contributed by atoms with Gasteiger partial charge in [-0.3, -0.25) is 0 Å². The van der Waals surface area contributed by atoms with E-state index in [1.807, 2.05) is 101 Å². The van der Waals surface area contributed by atoms with E-state index in [0.717, 1.165) is 49.9 Å². The number of aldehydes is 1. The zero-order chi connectivity index (χ0) is 29.9. The second-order valence-electron chi connectivity index (χ2n) is 10.8. The minimum atomic E-state index is -0.967. The van der Waals surface area contributed by atoms with Crippen molar-refractivity contribution in [2.24, 2.45) is 11.3 Å². The van der Waals surface area contributed by atoms with Crippen molar-refractivity contribution in [3.8, 4) is 0 Å². The maximum Gasteiger partial charge on any atom is 0.125 e. The molecule has 0 saturated heterocycles. The van der Waals surface area contributed by atoms with E-state index in [9.17, 15) is 15.0 Å². The Labute approximate surface area is 244 Å². The van der Waals surface area contributed by atoms with Crippen LogP contribution in [-0.4, -0.2) is 47.1 Å².